The number of hydrogen-bond acceptors (Lipinski definition) is 6. The molecule has 28 heavy (non-hydrogen) atoms. The van der Waals surface area contributed by atoms with Crippen molar-refractivity contribution in [3.63, 3.8) is 0 Å². The number of carbonyl (C=O) groups is 1. The molecule has 0 saturated carbocycles. The minimum atomic E-state index is -0.379. The largest absolute Gasteiger partial charge is 0.491 e. The van der Waals surface area contributed by atoms with Crippen molar-refractivity contribution in [2.45, 2.75) is 6.92 Å². The first kappa shape index (κ1) is 19.4. The molecule has 3 aromatic rings. The molecule has 3 rings (SSSR count). The van der Waals surface area contributed by atoms with Gasteiger partial charge in [-0.3, -0.25) is 0 Å². The van der Waals surface area contributed by atoms with E-state index in [1.807, 2.05) is 30.5 Å². The Morgan fingerprint density at radius 3 is 2.64 bits per heavy atom. The number of esters is 1. The van der Waals surface area contributed by atoms with Crippen LogP contribution in [0.3, 0.4) is 0 Å². The lowest BCUT2D eigenvalue weighted by Crippen LogP contribution is -2.06. The minimum absolute atomic E-state index is 0.322. The molecule has 0 atom stereocenters. The van der Waals surface area contributed by atoms with Crippen LogP contribution in [0.25, 0.3) is 16.9 Å². The monoisotopic (exact) mass is 381 g/mol. The topological polar surface area (TPSA) is 88.6 Å². The van der Waals surface area contributed by atoms with Crippen LogP contribution in [0.1, 0.15) is 17.3 Å². The summed E-state index contributed by atoms with van der Waals surface area (Å²) >= 11 is 0. The van der Waals surface area contributed by atoms with Gasteiger partial charge in [0.1, 0.15) is 18.2 Å². The maximum atomic E-state index is 11.9. The van der Waals surface area contributed by atoms with Gasteiger partial charge in [-0.1, -0.05) is 12.1 Å². The quantitative estimate of drug-likeness (QED) is 0.476. The molecule has 2 N–H and O–H groups in total. The van der Waals surface area contributed by atoms with Gasteiger partial charge in [-0.05, 0) is 36.8 Å². The van der Waals surface area contributed by atoms with E-state index in [4.69, 9.17) is 19.9 Å². The van der Waals surface area contributed by atoms with Gasteiger partial charge in [-0.25, -0.2) is 9.78 Å². The zero-order valence-corrected chi connectivity index (χ0v) is 15.9. The summed E-state index contributed by atoms with van der Waals surface area (Å²) in [7, 11) is 1.64. The first-order valence-electron chi connectivity index (χ1n) is 8.95. The molecule has 0 aliphatic rings. The lowest BCUT2D eigenvalue weighted by Gasteiger charge is -2.07. The van der Waals surface area contributed by atoms with E-state index in [2.05, 4.69) is 4.98 Å². The molecule has 7 heteroatoms. The number of ether oxygens (including phenoxy) is 3. The van der Waals surface area contributed by atoms with Crippen LogP contribution in [-0.2, 0) is 9.47 Å². The fourth-order valence-corrected chi connectivity index (χ4v) is 2.72. The van der Waals surface area contributed by atoms with E-state index >= 15 is 0 Å². The molecule has 0 amide bonds. The second-order valence-electron chi connectivity index (χ2n) is 6.02. The Morgan fingerprint density at radius 2 is 1.93 bits per heavy atom. The predicted molar refractivity (Wildman–Crippen MR) is 107 cm³/mol. The van der Waals surface area contributed by atoms with Crippen LogP contribution >= 0.6 is 0 Å². The van der Waals surface area contributed by atoms with Crippen LogP contribution in [0, 0.1) is 0 Å². The second kappa shape index (κ2) is 9.05. The molecule has 0 bridgehead atoms. The average molecular weight is 381 g/mol. The molecular weight excluding hydrogens is 358 g/mol. The Hall–Kier alpha value is -3.32. The van der Waals surface area contributed by atoms with Gasteiger partial charge in [0.05, 0.1) is 24.5 Å². The molecule has 1 aromatic carbocycles. The Bertz CT molecular complexity index is 935. The number of hydrogen-bond donors (Lipinski definition) is 1. The van der Waals surface area contributed by atoms with Crippen molar-refractivity contribution in [2.24, 2.45) is 0 Å². The molecule has 0 fully saturated rings. The number of carbonyl (C=O) groups excluding carboxylic acids is 1. The van der Waals surface area contributed by atoms with Crippen LogP contribution in [0.5, 0.6) is 5.75 Å². The molecule has 0 saturated heterocycles. The van der Waals surface area contributed by atoms with Gasteiger partial charge in [0.2, 0.25) is 0 Å². The number of benzene rings is 1. The molecule has 0 aliphatic carbocycles. The number of methoxy groups -OCH3 is 1. The fraction of sp³-hybridized carbons (Fsp3) is 0.238. The molecule has 146 valence electrons. The van der Waals surface area contributed by atoms with E-state index in [1.165, 1.54) is 0 Å². The summed E-state index contributed by atoms with van der Waals surface area (Å²) in [5.41, 5.74) is 9.08. The third-order valence-electron chi connectivity index (χ3n) is 4.10. The Labute approximate surface area is 163 Å². The Morgan fingerprint density at radius 1 is 1.14 bits per heavy atom. The molecule has 0 radical (unpaired) electrons. The number of anilines is 1. The van der Waals surface area contributed by atoms with E-state index in [0.717, 1.165) is 16.9 Å². The molecule has 0 unspecified atom stereocenters. The lowest BCUT2D eigenvalue weighted by molar-refractivity contribution is 0.0526. The normalized spacial score (nSPS) is 10.6. The molecule has 2 heterocycles. The fourth-order valence-electron chi connectivity index (χ4n) is 2.72. The molecule has 7 nitrogen and oxygen atoms in total. The van der Waals surface area contributed by atoms with Crippen molar-refractivity contribution in [3.8, 4) is 22.7 Å². The predicted octanol–water partition coefficient (Wildman–Crippen LogP) is 3.32. The number of nitrogens with zero attached hydrogens (tertiary/aromatic N) is 2. The van der Waals surface area contributed by atoms with Crippen molar-refractivity contribution in [2.75, 3.05) is 32.7 Å². The van der Waals surface area contributed by atoms with Crippen LogP contribution in [-0.4, -0.2) is 42.5 Å². The molecule has 0 aliphatic heterocycles. The van der Waals surface area contributed by atoms with Crippen molar-refractivity contribution in [3.05, 3.63) is 60.6 Å². The van der Waals surface area contributed by atoms with Crippen molar-refractivity contribution in [1.29, 1.82) is 0 Å². The summed E-state index contributed by atoms with van der Waals surface area (Å²) in [6.45, 7) is 3.13. The van der Waals surface area contributed by atoms with E-state index in [1.54, 1.807) is 43.1 Å². The van der Waals surface area contributed by atoms with Crippen molar-refractivity contribution < 1.29 is 19.0 Å². The smallest absolute Gasteiger partial charge is 0.338 e. The van der Waals surface area contributed by atoms with Gasteiger partial charge in [-0.2, -0.15) is 0 Å². The van der Waals surface area contributed by atoms with Crippen molar-refractivity contribution >= 4 is 11.7 Å². The zero-order chi connectivity index (χ0) is 19.9. The standard InChI is InChI=1S/C21H23N3O4/c1-3-27-21(25)16-8-9-23-20(12-16)24-13-18(19(22)14-24)15-4-6-17(7-5-15)28-11-10-26-2/h4-9,12-14H,3,10-11,22H2,1-2H3. The number of aromatic nitrogens is 2. The highest BCUT2D eigenvalue weighted by molar-refractivity contribution is 5.89. The van der Waals surface area contributed by atoms with Gasteiger partial charge >= 0.3 is 5.97 Å². The van der Waals surface area contributed by atoms with Gasteiger partial charge in [0.25, 0.3) is 0 Å². The van der Waals surface area contributed by atoms with E-state index in [0.29, 0.717) is 36.9 Å². The van der Waals surface area contributed by atoms with E-state index < -0.39 is 0 Å². The number of rotatable bonds is 8. The van der Waals surface area contributed by atoms with E-state index in [-0.39, 0.29) is 5.97 Å². The van der Waals surface area contributed by atoms with Gasteiger partial charge < -0.3 is 24.5 Å². The maximum absolute atomic E-state index is 11.9. The number of nitrogens with two attached hydrogens (primary N) is 1. The Kier molecular flexibility index (Phi) is 6.29. The second-order valence-corrected chi connectivity index (χ2v) is 6.02. The first-order valence-corrected chi connectivity index (χ1v) is 8.95. The van der Waals surface area contributed by atoms with E-state index in [9.17, 15) is 4.79 Å². The van der Waals surface area contributed by atoms with Crippen LogP contribution in [0.2, 0.25) is 0 Å². The molecule has 2 aromatic heterocycles. The molecular formula is C21H23N3O4. The van der Waals surface area contributed by atoms with Crippen LogP contribution < -0.4 is 10.5 Å². The summed E-state index contributed by atoms with van der Waals surface area (Å²) in [4.78, 5) is 16.3. The highest BCUT2D eigenvalue weighted by Gasteiger charge is 2.12. The van der Waals surface area contributed by atoms with Crippen molar-refractivity contribution in [1.82, 2.24) is 9.55 Å². The van der Waals surface area contributed by atoms with Gasteiger partial charge in [0.15, 0.2) is 0 Å². The summed E-state index contributed by atoms with van der Waals surface area (Å²) in [5.74, 6) is 0.973. The van der Waals surface area contributed by atoms with Crippen LogP contribution in [0.15, 0.2) is 55.0 Å². The summed E-state index contributed by atoms with van der Waals surface area (Å²) in [6.07, 6.45) is 5.23. The zero-order valence-electron chi connectivity index (χ0n) is 15.9. The average Bonchev–Trinajstić information content (AvgIpc) is 3.11. The number of pyridine rings is 1. The maximum Gasteiger partial charge on any atom is 0.338 e. The third-order valence-corrected chi connectivity index (χ3v) is 4.10. The summed E-state index contributed by atoms with van der Waals surface area (Å²) in [6, 6.07) is 11.0. The van der Waals surface area contributed by atoms with Crippen LogP contribution in [0.4, 0.5) is 5.69 Å². The first-order chi connectivity index (χ1) is 13.6. The SMILES string of the molecule is CCOC(=O)c1ccnc(-n2cc(N)c(-c3ccc(OCCOC)cc3)c2)c1. The minimum Gasteiger partial charge on any atom is -0.491 e. The van der Waals surface area contributed by atoms with Gasteiger partial charge in [-0.15, -0.1) is 0 Å². The Balaban J connectivity index is 1.82. The summed E-state index contributed by atoms with van der Waals surface area (Å²) < 4.78 is 17.4. The lowest BCUT2D eigenvalue weighted by atomic mass is 10.1. The summed E-state index contributed by atoms with van der Waals surface area (Å²) in [5, 5.41) is 0. The third kappa shape index (κ3) is 4.50. The van der Waals surface area contributed by atoms with Gasteiger partial charge in [0, 0.05) is 31.3 Å². The molecule has 0 spiro atoms. The highest BCUT2D eigenvalue weighted by atomic mass is 16.5. The highest BCUT2D eigenvalue weighted by Crippen LogP contribution is 2.29. The number of nitrogen functional groups attached to an aromatic ring is 1.